The number of aromatic nitrogens is 1. The molecule has 4 aliphatic heterocycles. The van der Waals surface area contributed by atoms with Crippen LogP contribution in [-0.2, 0) is 5.41 Å². The Morgan fingerprint density at radius 2 is 1.95 bits per heavy atom. The minimum Gasteiger partial charge on any atom is -0.492 e. The van der Waals surface area contributed by atoms with Gasteiger partial charge in [-0.1, -0.05) is 32.0 Å². The summed E-state index contributed by atoms with van der Waals surface area (Å²) in [6.07, 6.45) is 2.32. The fraction of sp³-hybridized carbons (Fsp3) is 0.464. The number of pyridine rings is 1. The third-order valence-corrected chi connectivity index (χ3v) is 8.87. The molecule has 0 aliphatic carbocycles. The Bertz CT molecular complexity index is 1490. The minimum absolute atomic E-state index is 0.0180. The van der Waals surface area contributed by atoms with Crippen molar-refractivity contribution in [2.75, 3.05) is 19.7 Å². The van der Waals surface area contributed by atoms with Crippen LogP contribution in [0.3, 0.4) is 0 Å². The smallest absolute Gasteiger partial charge is 0.270 e. The van der Waals surface area contributed by atoms with Crippen molar-refractivity contribution in [3.05, 3.63) is 58.9 Å². The molecule has 4 unspecified atom stereocenters. The van der Waals surface area contributed by atoms with E-state index in [9.17, 15) is 19.8 Å². The van der Waals surface area contributed by atoms with Crippen LogP contribution in [0.2, 0.25) is 0 Å². The zero-order valence-electron chi connectivity index (χ0n) is 23.5. The second-order valence-electron chi connectivity index (χ2n) is 11.9. The van der Waals surface area contributed by atoms with Gasteiger partial charge in [-0.05, 0) is 36.5 Å². The average molecular weight is 578 g/mol. The van der Waals surface area contributed by atoms with E-state index in [1.54, 1.807) is 31.2 Å². The van der Waals surface area contributed by atoms with Crippen LogP contribution in [0.25, 0.3) is 0 Å². The monoisotopic (exact) mass is 577 g/mol. The lowest BCUT2D eigenvalue weighted by molar-refractivity contribution is -0.232. The highest BCUT2D eigenvalue weighted by Crippen LogP contribution is 2.44. The van der Waals surface area contributed by atoms with Gasteiger partial charge < -0.3 is 46.4 Å². The lowest BCUT2D eigenvalue weighted by Crippen LogP contribution is -2.81. The number of aryl methyl sites for hydroxylation is 1. The van der Waals surface area contributed by atoms with Crippen LogP contribution in [0.1, 0.15) is 52.2 Å². The van der Waals surface area contributed by atoms with Crippen molar-refractivity contribution in [2.24, 2.45) is 0 Å². The first kappa shape index (κ1) is 27.7. The van der Waals surface area contributed by atoms with Crippen molar-refractivity contribution in [3.8, 4) is 5.75 Å². The number of fused-ring (bicyclic) bond motifs is 1. The van der Waals surface area contributed by atoms with E-state index in [-0.39, 0.29) is 41.7 Å². The largest absolute Gasteiger partial charge is 0.492 e. The van der Waals surface area contributed by atoms with Crippen LogP contribution in [-0.4, -0.2) is 93.1 Å². The summed E-state index contributed by atoms with van der Waals surface area (Å²) in [6, 6.07) is 5.94. The third-order valence-electron chi connectivity index (χ3n) is 8.87. The molecule has 4 atom stereocenters. The summed E-state index contributed by atoms with van der Waals surface area (Å²) < 4.78 is 5.89. The number of amides is 2. The normalized spacial score (nSPS) is 28.2. The Labute approximate surface area is 242 Å². The highest BCUT2D eigenvalue weighted by Gasteiger charge is 2.74. The van der Waals surface area contributed by atoms with Gasteiger partial charge in [0.15, 0.2) is 17.6 Å². The molecule has 0 saturated carbocycles. The first-order valence-corrected chi connectivity index (χ1v) is 13.8. The molecule has 3 saturated heterocycles. The highest BCUT2D eigenvalue weighted by atomic mass is 16.5. The second kappa shape index (κ2) is 9.56. The van der Waals surface area contributed by atoms with E-state index < -0.39 is 41.4 Å². The summed E-state index contributed by atoms with van der Waals surface area (Å²) >= 11 is 0. The maximum Gasteiger partial charge on any atom is 0.270 e. The Hall–Kier alpha value is -4.43. The molecule has 5 heterocycles. The second-order valence-corrected chi connectivity index (χ2v) is 11.9. The Balaban J connectivity index is 1.26. The van der Waals surface area contributed by atoms with Gasteiger partial charge in [-0.25, -0.2) is 0 Å². The number of ether oxygens (including phenoxy) is 1. The van der Waals surface area contributed by atoms with Crippen LogP contribution >= 0.6 is 0 Å². The Morgan fingerprint density at radius 3 is 2.71 bits per heavy atom. The predicted molar refractivity (Wildman–Crippen MR) is 151 cm³/mol. The van der Waals surface area contributed by atoms with Gasteiger partial charge in [-0.3, -0.25) is 25.4 Å². The number of nitrogens with one attached hydrogen (secondary N) is 7. The fourth-order valence-electron chi connectivity index (χ4n) is 6.54. The number of aliphatic hydroxyl groups is 2. The zero-order chi connectivity index (χ0) is 30.0. The van der Waals surface area contributed by atoms with Gasteiger partial charge in [-0.15, -0.1) is 0 Å². The topological polar surface area (TPSA) is 208 Å². The van der Waals surface area contributed by atoms with Crippen molar-refractivity contribution in [1.29, 1.82) is 10.8 Å². The van der Waals surface area contributed by atoms with Gasteiger partial charge in [0.2, 0.25) is 5.79 Å². The molecule has 222 valence electrons. The van der Waals surface area contributed by atoms with Crippen LogP contribution in [0, 0.1) is 17.7 Å². The van der Waals surface area contributed by atoms with E-state index in [1.165, 1.54) is 11.1 Å². The van der Waals surface area contributed by atoms with E-state index in [2.05, 4.69) is 45.4 Å². The number of carbonyl (C=O) groups excluding carboxylic acids is 2. The molecule has 3 fully saturated rings. The quantitative estimate of drug-likeness (QED) is 0.200. The molecule has 9 N–H and O–H groups in total. The lowest BCUT2D eigenvalue weighted by atomic mass is 9.79. The van der Waals surface area contributed by atoms with Crippen molar-refractivity contribution in [2.45, 2.75) is 62.2 Å². The number of benzene rings is 1. The summed E-state index contributed by atoms with van der Waals surface area (Å²) in [6.45, 7) is 6.23. The minimum atomic E-state index is -2.65. The van der Waals surface area contributed by atoms with Crippen molar-refractivity contribution in [3.63, 3.8) is 0 Å². The molecule has 2 aromatic rings. The molecule has 4 aliphatic rings. The molecule has 14 nitrogen and oxygen atoms in total. The number of rotatable bonds is 5. The Morgan fingerprint density at radius 1 is 1.17 bits per heavy atom. The molecule has 1 aromatic carbocycles. The van der Waals surface area contributed by atoms with Gasteiger partial charge in [0.05, 0.1) is 24.3 Å². The van der Waals surface area contributed by atoms with E-state index in [0.717, 1.165) is 12.0 Å². The first-order valence-electron chi connectivity index (χ1n) is 13.8. The lowest BCUT2D eigenvalue weighted by Gasteiger charge is -2.51. The number of hydrogen-bond donors (Lipinski definition) is 9. The number of carbonyl (C=O) groups is 2. The van der Waals surface area contributed by atoms with Gasteiger partial charge in [-0.2, -0.15) is 0 Å². The SMILES string of the molecule is Cc1cccnc1C(=O)NCC1NC(=N)N2CC(NC(=O)c3cccc4c3OCCC4(C)C)C(O)(O)C23NC(=N)NC13. The molecule has 42 heavy (non-hydrogen) atoms. The molecule has 1 aromatic heterocycles. The van der Waals surface area contributed by atoms with Crippen LogP contribution in [0.5, 0.6) is 5.75 Å². The summed E-state index contributed by atoms with van der Waals surface area (Å²) in [5.74, 6) is -3.50. The zero-order valence-corrected chi connectivity index (χ0v) is 23.5. The van der Waals surface area contributed by atoms with Gasteiger partial charge >= 0.3 is 0 Å². The summed E-state index contributed by atoms with van der Waals surface area (Å²) in [5, 5.41) is 54.8. The molecular weight excluding hydrogens is 542 g/mol. The fourth-order valence-corrected chi connectivity index (χ4v) is 6.54. The van der Waals surface area contributed by atoms with Crippen molar-refractivity contribution >= 4 is 23.7 Å². The number of guanidine groups is 2. The van der Waals surface area contributed by atoms with E-state index >= 15 is 0 Å². The van der Waals surface area contributed by atoms with Crippen LogP contribution in [0.15, 0.2) is 36.5 Å². The molecule has 6 rings (SSSR count). The number of nitrogens with zero attached hydrogens (tertiary/aromatic N) is 2. The molecule has 0 radical (unpaired) electrons. The summed E-state index contributed by atoms with van der Waals surface area (Å²) in [4.78, 5) is 32.0. The molecule has 0 bridgehead atoms. The van der Waals surface area contributed by atoms with E-state index in [1.807, 2.05) is 6.07 Å². The van der Waals surface area contributed by atoms with Gasteiger partial charge in [0.1, 0.15) is 17.5 Å². The van der Waals surface area contributed by atoms with Crippen LogP contribution in [0.4, 0.5) is 0 Å². The number of hydrogen-bond acceptors (Lipinski definition) is 8. The highest BCUT2D eigenvalue weighted by molar-refractivity contribution is 5.98. The average Bonchev–Trinajstić information content (AvgIpc) is 3.41. The maximum absolute atomic E-state index is 13.6. The third kappa shape index (κ3) is 4.04. The molecule has 14 heteroatoms. The Kier molecular flexibility index (Phi) is 6.31. The van der Waals surface area contributed by atoms with E-state index in [0.29, 0.717) is 17.9 Å². The first-order chi connectivity index (χ1) is 19.9. The number of para-hydroxylation sites is 1. The molecule has 2 amide bonds. The molecule has 1 spiro atoms. The summed E-state index contributed by atoms with van der Waals surface area (Å²) in [5.41, 5.74) is 0.130. The van der Waals surface area contributed by atoms with Crippen LogP contribution < -0.4 is 31.3 Å². The van der Waals surface area contributed by atoms with Crippen molar-refractivity contribution < 1.29 is 24.5 Å². The summed E-state index contributed by atoms with van der Waals surface area (Å²) in [7, 11) is 0. The standard InChI is InChI=1S/C28H35N9O5/c1-14-6-5-10-31-19(14)23(39)32-12-17-21-27(36-24(29)35-21)28(40,41)18(13-37(27)25(30)33-17)34-22(38)15-7-4-8-16-20(15)42-11-9-26(16,2)3/h4-8,10,17-18,21,40-41H,9,11-13H2,1-3H3,(H2,30,33)(H,32,39)(H,34,38)(H3,29,35,36). The van der Waals surface area contributed by atoms with E-state index in [4.69, 9.17) is 15.6 Å². The van der Waals surface area contributed by atoms with Gasteiger partial charge in [0.25, 0.3) is 11.8 Å². The predicted octanol–water partition coefficient (Wildman–Crippen LogP) is -0.926. The van der Waals surface area contributed by atoms with Crippen molar-refractivity contribution in [1.82, 2.24) is 36.5 Å². The molecular formula is C28H35N9O5. The van der Waals surface area contributed by atoms with Gasteiger partial charge in [0, 0.05) is 24.8 Å². The maximum atomic E-state index is 13.6.